The lowest BCUT2D eigenvalue weighted by atomic mass is 10.2. The largest absolute Gasteiger partial charge is 0.321 e. The van der Waals surface area contributed by atoms with Crippen LogP contribution in [0.25, 0.3) is 0 Å². The van der Waals surface area contributed by atoms with E-state index in [0.29, 0.717) is 11.4 Å². The maximum absolute atomic E-state index is 13.2. The first kappa shape index (κ1) is 21.9. The third-order valence-corrected chi connectivity index (χ3v) is 7.12. The van der Waals surface area contributed by atoms with Gasteiger partial charge in [0.15, 0.2) is 0 Å². The normalized spacial score (nSPS) is 11.2. The Morgan fingerprint density at radius 3 is 2.43 bits per heavy atom. The summed E-state index contributed by atoms with van der Waals surface area (Å²) in [5, 5.41) is 2.85. The molecule has 1 amide bonds. The van der Waals surface area contributed by atoms with Crippen molar-refractivity contribution in [1.29, 1.82) is 0 Å². The van der Waals surface area contributed by atoms with Gasteiger partial charge in [-0.15, -0.1) is 11.8 Å². The lowest BCUT2D eigenvalue weighted by Crippen LogP contribution is -2.27. The van der Waals surface area contributed by atoms with E-state index >= 15 is 0 Å². The number of carbonyl (C=O) groups is 1. The Hall–Kier alpha value is -2.84. The molecule has 30 heavy (non-hydrogen) atoms. The zero-order chi connectivity index (χ0) is 21.7. The lowest BCUT2D eigenvalue weighted by molar-refractivity contribution is 0.102. The highest BCUT2D eigenvalue weighted by atomic mass is 32.2. The molecular formula is C22H21FN2O3S2. The van der Waals surface area contributed by atoms with Gasteiger partial charge in [-0.3, -0.25) is 9.10 Å². The predicted molar refractivity (Wildman–Crippen MR) is 119 cm³/mol. The zero-order valence-electron chi connectivity index (χ0n) is 16.5. The van der Waals surface area contributed by atoms with E-state index in [0.717, 1.165) is 15.0 Å². The molecule has 0 aromatic heterocycles. The van der Waals surface area contributed by atoms with E-state index in [1.54, 1.807) is 23.9 Å². The Balaban J connectivity index is 1.86. The average Bonchev–Trinajstić information content (AvgIpc) is 2.75. The second-order valence-corrected chi connectivity index (χ2v) is 9.64. The van der Waals surface area contributed by atoms with Gasteiger partial charge < -0.3 is 5.32 Å². The minimum atomic E-state index is -3.92. The summed E-state index contributed by atoms with van der Waals surface area (Å²) in [7, 11) is -2.54. The minimum Gasteiger partial charge on any atom is -0.321 e. The van der Waals surface area contributed by atoms with Crippen LogP contribution in [0, 0.1) is 5.82 Å². The van der Waals surface area contributed by atoms with Gasteiger partial charge in [-0.25, -0.2) is 12.8 Å². The molecule has 5 nitrogen and oxygen atoms in total. The van der Waals surface area contributed by atoms with Gasteiger partial charge in [-0.2, -0.15) is 0 Å². The Morgan fingerprint density at radius 2 is 1.73 bits per heavy atom. The molecule has 0 bridgehead atoms. The molecule has 156 valence electrons. The average molecular weight is 445 g/mol. The van der Waals surface area contributed by atoms with Crippen molar-refractivity contribution in [3.05, 3.63) is 84.2 Å². The maximum atomic E-state index is 13.2. The van der Waals surface area contributed by atoms with Crippen LogP contribution >= 0.6 is 11.8 Å². The Kier molecular flexibility index (Phi) is 6.79. The van der Waals surface area contributed by atoms with Crippen molar-refractivity contribution in [1.82, 2.24) is 0 Å². The summed E-state index contributed by atoms with van der Waals surface area (Å²) in [5.41, 5.74) is 1.21. The predicted octanol–water partition coefficient (Wildman–Crippen LogP) is 5.02. The molecule has 0 unspecified atom stereocenters. The molecule has 3 aromatic rings. The number of hydrogen-bond acceptors (Lipinski definition) is 4. The van der Waals surface area contributed by atoms with E-state index in [1.807, 2.05) is 25.1 Å². The number of rotatable bonds is 7. The molecule has 0 saturated carbocycles. The summed E-state index contributed by atoms with van der Waals surface area (Å²) in [5.74, 6) is 0.00134. The standard InChI is InChI=1S/C22H21FN2O3S2/c1-3-29-21-10-5-4-9-20(21)24-22(26)16-7-6-8-19(15-16)30(27,28)25(2)18-13-11-17(23)12-14-18/h4-15H,3H2,1-2H3,(H,24,26). The smallest absolute Gasteiger partial charge is 0.264 e. The number of nitrogens with one attached hydrogen (secondary N) is 1. The first-order valence-electron chi connectivity index (χ1n) is 9.20. The summed E-state index contributed by atoms with van der Waals surface area (Å²) < 4.78 is 40.2. The van der Waals surface area contributed by atoms with E-state index in [4.69, 9.17) is 0 Å². The first-order valence-corrected chi connectivity index (χ1v) is 11.6. The second-order valence-electron chi connectivity index (χ2n) is 6.36. The molecule has 8 heteroatoms. The van der Waals surface area contributed by atoms with E-state index in [9.17, 15) is 17.6 Å². The molecule has 1 N–H and O–H groups in total. The fourth-order valence-corrected chi connectivity index (χ4v) is 4.79. The van der Waals surface area contributed by atoms with Gasteiger partial charge in [0.1, 0.15) is 5.82 Å². The van der Waals surface area contributed by atoms with Crippen molar-refractivity contribution in [2.45, 2.75) is 16.7 Å². The van der Waals surface area contributed by atoms with Crippen LogP contribution in [0.4, 0.5) is 15.8 Å². The van der Waals surface area contributed by atoms with Crippen LogP contribution in [0.1, 0.15) is 17.3 Å². The third-order valence-electron chi connectivity index (χ3n) is 4.38. The van der Waals surface area contributed by atoms with Crippen molar-refractivity contribution < 1.29 is 17.6 Å². The first-order chi connectivity index (χ1) is 14.3. The molecule has 3 rings (SSSR count). The number of anilines is 2. The van der Waals surface area contributed by atoms with E-state index in [2.05, 4.69) is 5.32 Å². The number of carbonyl (C=O) groups excluding carboxylic acids is 1. The monoisotopic (exact) mass is 444 g/mol. The maximum Gasteiger partial charge on any atom is 0.264 e. The quantitative estimate of drug-likeness (QED) is 0.520. The molecule has 0 radical (unpaired) electrons. The number of thioether (sulfide) groups is 1. The van der Waals surface area contributed by atoms with E-state index in [-0.39, 0.29) is 10.5 Å². The second kappa shape index (κ2) is 9.32. The third kappa shape index (κ3) is 4.83. The van der Waals surface area contributed by atoms with E-state index in [1.165, 1.54) is 49.5 Å². The molecule has 0 saturated heterocycles. The molecule has 0 aliphatic carbocycles. The highest BCUT2D eigenvalue weighted by molar-refractivity contribution is 7.99. The van der Waals surface area contributed by atoms with Gasteiger partial charge in [0.25, 0.3) is 15.9 Å². The summed E-state index contributed by atoms with van der Waals surface area (Å²) in [6.45, 7) is 2.02. The van der Waals surface area contributed by atoms with E-state index < -0.39 is 21.7 Å². The van der Waals surface area contributed by atoms with Gasteiger partial charge in [0.2, 0.25) is 0 Å². The highest BCUT2D eigenvalue weighted by Crippen LogP contribution is 2.28. The number of sulfonamides is 1. The Labute approximate surface area is 180 Å². The number of para-hydroxylation sites is 1. The molecule has 0 heterocycles. The number of halogens is 1. The zero-order valence-corrected chi connectivity index (χ0v) is 18.1. The van der Waals surface area contributed by atoms with Crippen molar-refractivity contribution in [2.75, 3.05) is 22.4 Å². The van der Waals surface area contributed by atoms with Gasteiger partial charge in [0, 0.05) is 17.5 Å². The minimum absolute atomic E-state index is 0.0295. The number of amides is 1. The summed E-state index contributed by atoms with van der Waals surface area (Å²) in [6.07, 6.45) is 0. The fraction of sp³-hybridized carbons (Fsp3) is 0.136. The van der Waals surface area contributed by atoms with Crippen LogP contribution in [-0.4, -0.2) is 27.1 Å². The topological polar surface area (TPSA) is 66.5 Å². The van der Waals surface area contributed by atoms with Crippen LogP contribution < -0.4 is 9.62 Å². The molecule has 0 aliphatic heterocycles. The summed E-state index contributed by atoms with van der Waals surface area (Å²) >= 11 is 1.61. The Bertz CT molecular complexity index is 1150. The van der Waals surface area contributed by atoms with Crippen LogP contribution in [0.5, 0.6) is 0 Å². The van der Waals surface area contributed by atoms with Gasteiger partial charge in [-0.1, -0.05) is 25.1 Å². The molecule has 0 atom stereocenters. The van der Waals surface area contributed by atoms with Crippen molar-refractivity contribution in [2.24, 2.45) is 0 Å². The molecule has 0 spiro atoms. The summed E-state index contributed by atoms with van der Waals surface area (Å²) in [6, 6.07) is 18.4. The molecule has 0 aliphatic rings. The number of nitrogens with zero attached hydrogens (tertiary/aromatic N) is 1. The highest BCUT2D eigenvalue weighted by Gasteiger charge is 2.22. The summed E-state index contributed by atoms with van der Waals surface area (Å²) in [4.78, 5) is 13.7. The number of hydrogen-bond donors (Lipinski definition) is 1. The van der Waals surface area contributed by atoms with Crippen LogP contribution in [0.2, 0.25) is 0 Å². The van der Waals surface area contributed by atoms with Gasteiger partial charge >= 0.3 is 0 Å². The lowest BCUT2D eigenvalue weighted by Gasteiger charge is -2.20. The van der Waals surface area contributed by atoms with Crippen molar-refractivity contribution in [3.8, 4) is 0 Å². The molecule has 0 fully saturated rings. The molecule has 3 aromatic carbocycles. The van der Waals surface area contributed by atoms with Crippen LogP contribution in [0.15, 0.2) is 82.6 Å². The fourth-order valence-electron chi connectivity index (χ4n) is 2.79. The Morgan fingerprint density at radius 1 is 1.03 bits per heavy atom. The van der Waals surface area contributed by atoms with Crippen molar-refractivity contribution >= 4 is 39.1 Å². The molecular weight excluding hydrogens is 423 g/mol. The van der Waals surface area contributed by atoms with Crippen LogP contribution in [-0.2, 0) is 10.0 Å². The number of benzene rings is 3. The van der Waals surface area contributed by atoms with Gasteiger partial charge in [-0.05, 0) is 60.4 Å². The van der Waals surface area contributed by atoms with Crippen LogP contribution in [0.3, 0.4) is 0 Å². The van der Waals surface area contributed by atoms with Gasteiger partial charge in [0.05, 0.1) is 16.3 Å². The van der Waals surface area contributed by atoms with Crippen molar-refractivity contribution in [3.63, 3.8) is 0 Å². The SMILES string of the molecule is CCSc1ccccc1NC(=O)c1cccc(S(=O)(=O)N(C)c2ccc(F)cc2)c1.